The molecule has 52 heavy (non-hydrogen) atoms. The van der Waals surface area contributed by atoms with Gasteiger partial charge in [-0.1, -0.05) is 24.3 Å². The molecule has 2 aromatic carbocycles. The molecule has 5 heterocycles. The molecule has 4 aliphatic heterocycles. The van der Waals surface area contributed by atoms with Crippen molar-refractivity contribution >= 4 is 43.2 Å². The topological polar surface area (TPSA) is 163 Å². The summed E-state index contributed by atoms with van der Waals surface area (Å²) in [5.74, 6) is -1.02. The number of hydrogen-bond donors (Lipinski definition) is 5. The van der Waals surface area contributed by atoms with Crippen LogP contribution in [0.4, 0.5) is 21.2 Å². The molecule has 3 aromatic rings. The molecule has 7 rings (SSSR count). The average molecular weight is 733 g/mol. The maximum atomic E-state index is 16.5. The lowest BCUT2D eigenvalue weighted by atomic mass is 9.82. The van der Waals surface area contributed by atoms with E-state index < -0.39 is 31.6 Å². The predicted molar refractivity (Wildman–Crippen MR) is 197 cm³/mol. The molecule has 13 nitrogen and oxygen atoms in total. The SMILES string of the molecule is C[C@@H]1[C@@H]([Si](C)(C)F)[C@H](CCn2cc(CCO)nn2)O[C@@]12C(=O)N(Cc1cccc(NC(=O)[C@H]3CCCN3)c1)c1ccc(NC(=O)[C@H]3CCCN3)cc12. The quantitative estimate of drug-likeness (QED) is 0.138. The second-order valence-electron chi connectivity index (χ2n) is 15.1. The van der Waals surface area contributed by atoms with Crippen LogP contribution in [0.1, 0.15) is 55.8 Å². The summed E-state index contributed by atoms with van der Waals surface area (Å²) in [5, 5.41) is 30.1. The number of halogens is 1. The van der Waals surface area contributed by atoms with Crippen molar-refractivity contribution in [1.82, 2.24) is 25.6 Å². The lowest BCUT2D eigenvalue weighted by Gasteiger charge is -2.31. The Morgan fingerprint density at radius 3 is 2.38 bits per heavy atom. The number of carbonyl (C=O) groups is 3. The standard InChI is InChI=1S/C37H49FN8O5Si/c1-23-33(52(2,3)38)32(13-17-45-22-27(14-18-47)43-44-45)51-37(23)28-20-26(42-35(49)30-10-6-16-40-30)11-12-31(28)46(36(37)50)21-24-7-4-8-25(19-24)41-34(48)29-9-5-15-39-29/h4,7-8,11-12,19-20,22-23,29-30,32-33,39-40,47H,5-6,9-10,13-18,21H2,1-3H3,(H,41,48)(H,42,49)/t23-,29-,30-,32+,33-,37+/m1/s1. The van der Waals surface area contributed by atoms with E-state index in [1.165, 1.54) is 0 Å². The van der Waals surface area contributed by atoms with Crippen molar-refractivity contribution in [2.24, 2.45) is 5.92 Å². The second-order valence-corrected chi connectivity index (χ2v) is 18.9. The van der Waals surface area contributed by atoms with Gasteiger partial charge in [-0.3, -0.25) is 19.1 Å². The number of aliphatic hydroxyl groups is 1. The van der Waals surface area contributed by atoms with Crippen molar-refractivity contribution in [3.05, 3.63) is 65.5 Å². The predicted octanol–water partition coefficient (Wildman–Crippen LogP) is 3.61. The zero-order valence-corrected chi connectivity index (χ0v) is 31.0. The van der Waals surface area contributed by atoms with Crippen LogP contribution in [0.3, 0.4) is 0 Å². The fraction of sp³-hybridized carbons (Fsp3) is 0.541. The van der Waals surface area contributed by atoms with Gasteiger partial charge in [-0.15, -0.1) is 5.10 Å². The van der Waals surface area contributed by atoms with Gasteiger partial charge in [0.25, 0.3) is 5.91 Å². The molecule has 1 aromatic heterocycles. The molecule has 0 aliphatic carbocycles. The third-order valence-corrected chi connectivity index (χ3v) is 13.6. The van der Waals surface area contributed by atoms with Crippen LogP contribution in [-0.2, 0) is 44.2 Å². The summed E-state index contributed by atoms with van der Waals surface area (Å²) < 4.78 is 25.1. The monoisotopic (exact) mass is 732 g/mol. The molecule has 0 radical (unpaired) electrons. The largest absolute Gasteiger partial charge is 0.396 e. The van der Waals surface area contributed by atoms with E-state index in [0.29, 0.717) is 47.7 Å². The molecular formula is C37H49FN8O5Si. The van der Waals surface area contributed by atoms with E-state index in [1.807, 2.05) is 43.3 Å². The average Bonchev–Trinajstić information content (AvgIpc) is 3.95. The maximum absolute atomic E-state index is 16.5. The van der Waals surface area contributed by atoms with Crippen molar-refractivity contribution in [1.29, 1.82) is 0 Å². The fourth-order valence-corrected chi connectivity index (χ4v) is 11.2. The lowest BCUT2D eigenvalue weighted by molar-refractivity contribution is -0.146. The van der Waals surface area contributed by atoms with E-state index in [-0.39, 0.29) is 43.0 Å². The van der Waals surface area contributed by atoms with Crippen LogP contribution >= 0.6 is 0 Å². The van der Waals surface area contributed by atoms with Gasteiger partial charge in [0.15, 0.2) is 5.60 Å². The molecule has 0 saturated carbocycles. The van der Waals surface area contributed by atoms with Gasteiger partial charge in [0, 0.05) is 54.2 Å². The Kier molecular flexibility index (Phi) is 10.3. The van der Waals surface area contributed by atoms with Crippen LogP contribution in [0.15, 0.2) is 48.7 Å². The number of rotatable bonds is 12. The van der Waals surface area contributed by atoms with Crippen molar-refractivity contribution in [3.8, 4) is 0 Å². The van der Waals surface area contributed by atoms with Crippen LogP contribution in [0.2, 0.25) is 18.6 Å². The van der Waals surface area contributed by atoms with Crippen LogP contribution in [0.5, 0.6) is 0 Å². The molecule has 0 bridgehead atoms. The minimum Gasteiger partial charge on any atom is -0.396 e. The molecule has 1 spiro atoms. The molecule has 5 N–H and O–H groups in total. The number of aromatic nitrogens is 3. The molecule has 3 saturated heterocycles. The zero-order valence-electron chi connectivity index (χ0n) is 30.0. The van der Waals surface area contributed by atoms with Gasteiger partial charge in [-0.05, 0) is 94.2 Å². The molecule has 15 heteroatoms. The zero-order chi connectivity index (χ0) is 36.6. The molecule has 4 aliphatic rings. The third kappa shape index (κ3) is 7.04. The highest BCUT2D eigenvalue weighted by Crippen LogP contribution is 2.60. The van der Waals surface area contributed by atoms with Gasteiger partial charge < -0.3 is 40.1 Å². The van der Waals surface area contributed by atoms with Gasteiger partial charge >= 0.3 is 0 Å². The Hall–Kier alpha value is -4.02. The number of aryl methyl sites for hydroxylation is 1. The third-order valence-electron chi connectivity index (χ3n) is 11.1. The smallest absolute Gasteiger partial charge is 0.264 e. The second kappa shape index (κ2) is 14.8. The number of fused-ring (bicyclic) bond motifs is 2. The van der Waals surface area contributed by atoms with E-state index in [1.54, 1.807) is 34.9 Å². The van der Waals surface area contributed by atoms with Crippen molar-refractivity contribution in [2.75, 3.05) is 35.2 Å². The summed E-state index contributed by atoms with van der Waals surface area (Å²) in [6, 6.07) is 12.4. The number of nitrogens with one attached hydrogen (secondary N) is 4. The number of amides is 3. The Morgan fingerprint density at radius 1 is 1.06 bits per heavy atom. The number of benzene rings is 2. The van der Waals surface area contributed by atoms with E-state index >= 15 is 8.90 Å². The number of nitrogens with zero attached hydrogens (tertiary/aromatic N) is 4. The first-order chi connectivity index (χ1) is 25.0. The van der Waals surface area contributed by atoms with Crippen molar-refractivity contribution in [3.63, 3.8) is 0 Å². The Morgan fingerprint density at radius 2 is 1.75 bits per heavy atom. The summed E-state index contributed by atoms with van der Waals surface area (Å²) >= 11 is 0. The Bertz CT molecular complexity index is 1810. The first-order valence-corrected chi connectivity index (χ1v) is 21.4. The minimum atomic E-state index is -3.43. The molecule has 278 valence electrons. The number of ether oxygens (including phenoxy) is 1. The van der Waals surface area contributed by atoms with Crippen molar-refractivity contribution < 1.29 is 28.3 Å². The lowest BCUT2D eigenvalue weighted by Crippen LogP contribution is -2.45. The molecule has 6 atom stereocenters. The summed E-state index contributed by atoms with van der Waals surface area (Å²) in [6.45, 7) is 7.41. The number of hydrogen-bond acceptors (Lipinski definition) is 9. The van der Waals surface area contributed by atoms with E-state index in [9.17, 15) is 14.7 Å². The van der Waals surface area contributed by atoms with E-state index in [4.69, 9.17) is 4.74 Å². The summed E-state index contributed by atoms with van der Waals surface area (Å²) in [6.07, 6.45) is 5.38. The van der Waals surface area contributed by atoms with Gasteiger partial charge in [0.2, 0.25) is 20.2 Å². The summed E-state index contributed by atoms with van der Waals surface area (Å²) in [4.78, 5) is 42.7. The van der Waals surface area contributed by atoms with Crippen LogP contribution in [-0.4, -0.2) is 84.1 Å². The Balaban J connectivity index is 1.21. The van der Waals surface area contributed by atoms with E-state index in [2.05, 4.69) is 31.6 Å². The normalized spacial score (nSPS) is 27.1. The van der Waals surface area contributed by atoms with Gasteiger partial charge in [-0.25, -0.2) is 0 Å². The van der Waals surface area contributed by atoms with Gasteiger partial charge in [-0.2, -0.15) is 0 Å². The first-order valence-electron chi connectivity index (χ1n) is 18.5. The minimum absolute atomic E-state index is 0.0390. The fourth-order valence-electron chi connectivity index (χ4n) is 8.69. The maximum Gasteiger partial charge on any atom is 0.264 e. The van der Waals surface area contributed by atoms with Crippen LogP contribution < -0.4 is 26.2 Å². The molecular weight excluding hydrogens is 684 g/mol. The molecule has 3 amide bonds. The highest BCUT2D eigenvalue weighted by Gasteiger charge is 2.66. The molecule has 0 unspecified atom stereocenters. The molecule has 3 fully saturated rings. The van der Waals surface area contributed by atoms with Crippen molar-refractivity contribution in [2.45, 2.75) is 101 Å². The highest BCUT2D eigenvalue weighted by molar-refractivity contribution is 6.72. The number of anilines is 3. The van der Waals surface area contributed by atoms with Crippen LogP contribution in [0.25, 0.3) is 0 Å². The first kappa shape index (κ1) is 36.3. The van der Waals surface area contributed by atoms with Crippen LogP contribution in [0, 0.1) is 5.92 Å². The summed E-state index contributed by atoms with van der Waals surface area (Å²) in [5.41, 5.74) is 1.89. The number of aliphatic hydroxyl groups excluding tert-OH is 1. The summed E-state index contributed by atoms with van der Waals surface area (Å²) in [7, 11) is -3.43. The van der Waals surface area contributed by atoms with Gasteiger partial charge in [0.05, 0.1) is 36.1 Å². The van der Waals surface area contributed by atoms with Gasteiger partial charge in [0.1, 0.15) is 0 Å². The highest BCUT2D eigenvalue weighted by atomic mass is 28.4. The Labute approximate surface area is 304 Å². The van der Waals surface area contributed by atoms with E-state index in [0.717, 1.165) is 44.3 Å². The number of carbonyl (C=O) groups excluding carboxylic acids is 3.